The second-order valence-electron chi connectivity index (χ2n) is 5.25. The second-order valence-corrected chi connectivity index (χ2v) is 6.90. The lowest BCUT2D eigenvalue weighted by Crippen LogP contribution is -2.14. The zero-order valence-electron chi connectivity index (χ0n) is 12.8. The molecule has 0 unspecified atom stereocenters. The summed E-state index contributed by atoms with van der Waals surface area (Å²) in [6.07, 6.45) is 6.53. The molecule has 0 fully saturated rings. The molecule has 6 nitrogen and oxygen atoms in total. The molecule has 118 valence electrons. The highest BCUT2D eigenvalue weighted by Gasteiger charge is 2.17. The van der Waals surface area contributed by atoms with Crippen LogP contribution in [0, 0.1) is 13.8 Å². The average Bonchev–Trinajstić information content (AvgIpc) is 3.04. The monoisotopic (exact) mass is 328 g/mol. The SMILES string of the molecule is Cc1ccc(C)c(S(=O)(=O)Nc2ccc(-n3ccnc3)nc2)c1. The van der Waals surface area contributed by atoms with Crippen LogP contribution in [0.1, 0.15) is 11.1 Å². The van der Waals surface area contributed by atoms with Crippen LogP contribution in [0.5, 0.6) is 0 Å². The molecular weight excluding hydrogens is 312 g/mol. The van der Waals surface area contributed by atoms with Crippen LogP contribution >= 0.6 is 0 Å². The van der Waals surface area contributed by atoms with Crippen molar-refractivity contribution in [2.24, 2.45) is 0 Å². The molecule has 0 bridgehead atoms. The maximum atomic E-state index is 12.5. The molecule has 0 radical (unpaired) electrons. The Kier molecular flexibility index (Phi) is 3.87. The Morgan fingerprint density at radius 1 is 1.13 bits per heavy atom. The molecule has 1 N–H and O–H groups in total. The summed E-state index contributed by atoms with van der Waals surface area (Å²) >= 11 is 0. The van der Waals surface area contributed by atoms with E-state index in [1.54, 1.807) is 54.5 Å². The first-order chi connectivity index (χ1) is 11.0. The van der Waals surface area contributed by atoms with Crippen molar-refractivity contribution in [3.8, 4) is 5.82 Å². The molecule has 0 aliphatic rings. The molecule has 0 aliphatic heterocycles. The standard InChI is InChI=1S/C16H16N4O2S/c1-12-3-4-13(2)15(9-12)23(21,22)19-14-5-6-16(18-10-14)20-8-7-17-11-20/h3-11,19H,1-2H3. The zero-order valence-corrected chi connectivity index (χ0v) is 13.6. The topological polar surface area (TPSA) is 76.9 Å². The van der Waals surface area contributed by atoms with Gasteiger partial charge in [-0.3, -0.25) is 9.29 Å². The number of nitrogens with one attached hydrogen (secondary N) is 1. The molecule has 0 aliphatic carbocycles. The molecule has 0 amide bonds. The van der Waals surface area contributed by atoms with Crippen molar-refractivity contribution >= 4 is 15.7 Å². The Balaban J connectivity index is 1.87. The number of sulfonamides is 1. The first-order valence-corrected chi connectivity index (χ1v) is 8.48. The fraction of sp³-hybridized carbons (Fsp3) is 0.125. The number of anilines is 1. The van der Waals surface area contributed by atoms with E-state index in [0.717, 1.165) is 5.56 Å². The van der Waals surface area contributed by atoms with Crippen molar-refractivity contribution in [2.45, 2.75) is 18.7 Å². The van der Waals surface area contributed by atoms with Gasteiger partial charge in [-0.25, -0.2) is 18.4 Å². The van der Waals surface area contributed by atoms with E-state index in [1.807, 2.05) is 13.0 Å². The van der Waals surface area contributed by atoms with Gasteiger partial charge < -0.3 is 0 Å². The number of benzene rings is 1. The van der Waals surface area contributed by atoms with Crippen LogP contribution in [0.4, 0.5) is 5.69 Å². The van der Waals surface area contributed by atoms with Crippen LogP contribution in [0.2, 0.25) is 0 Å². The summed E-state index contributed by atoms with van der Waals surface area (Å²) < 4.78 is 29.4. The third-order valence-corrected chi connectivity index (χ3v) is 4.93. The Morgan fingerprint density at radius 2 is 1.96 bits per heavy atom. The summed E-state index contributed by atoms with van der Waals surface area (Å²) in [6, 6.07) is 8.73. The Labute approximate surface area is 134 Å². The molecule has 0 saturated heterocycles. The van der Waals surface area contributed by atoms with Gasteiger partial charge in [0.05, 0.1) is 16.8 Å². The lowest BCUT2D eigenvalue weighted by Gasteiger charge is -2.11. The minimum atomic E-state index is -3.64. The normalized spacial score (nSPS) is 11.4. The molecule has 0 saturated carbocycles. The average molecular weight is 328 g/mol. The first-order valence-electron chi connectivity index (χ1n) is 7.00. The number of pyridine rings is 1. The lowest BCUT2D eigenvalue weighted by atomic mass is 10.2. The summed E-state index contributed by atoms with van der Waals surface area (Å²) in [5.41, 5.74) is 2.01. The van der Waals surface area contributed by atoms with Crippen LogP contribution < -0.4 is 4.72 Å². The molecule has 3 rings (SSSR count). The maximum Gasteiger partial charge on any atom is 0.262 e. The van der Waals surface area contributed by atoms with E-state index in [1.165, 1.54) is 6.20 Å². The Morgan fingerprint density at radius 3 is 2.61 bits per heavy atom. The van der Waals surface area contributed by atoms with Gasteiger partial charge in [-0.1, -0.05) is 12.1 Å². The van der Waals surface area contributed by atoms with E-state index in [9.17, 15) is 8.42 Å². The number of hydrogen-bond donors (Lipinski definition) is 1. The van der Waals surface area contributed by atoms with E-state index in [4.69, 9.17) is 0 Å². The number of imidazole rings is 1. The van der Waals surface area contributed by atoms with Crippen molar-refractivity contribution in [3.05, 3.63) is 66.4 Å². The fourth-order valence-corrected chi connectivity index (χ4v) is 3.57. The van der Waals surface area contributed by atoms with E-state index < -0.39 is 10.0 Å². The van der Waals surface area contributed by atoms with Gasteiger partial charge in [0.25, 0.3) is 10.0 Å². The van der Waals surface area contributed by atoms with Gasteiger partial charge in [-0.05, 0) is 43.2 Å². The predicted octanol–water partition coefficient (Wildman–Crippen LogP) is 2.68. The quantitative estimate of drug-likeness (QED) is 0.799. The highest BCUT2D eigenvalue weighted by atomic mass is 32.2. The van der Waals surface area contributed by atoms with Crippen LogP contribution in [0.25, 0.3) is 5.82 Å². The Bertz CT molecular complexity index is 917. The Hall–Kier alpha value is -2.67. The van der Waals surface area contributed by atoms with Gasteiger partial charge in [-0.2, -0.15) is 0 Å². The summed E-state index contributed by atoms with van der Waals surface area (Å²) in [4.78, 5) is 8.46. The number of hydrogen-bond acceptors (Lipinski definition) is 4. The van der Waals surface area contributed by atoms with Gasteiger partial charge in [0.2, 0.25) is 0 Å². The molecule has 2 aromatic heterocycles. The van der Waals surface area contributed by atoms with Crippen LogP contribution in [0.3, 0.4) is 0 Å². The van der Waals surface area contributed by atoms with E-state index in [2.05, 4.69) is 14.7 Å². The van der Waals surface area contributed by atoms with Crippen molar-refractivity contribution in [2.75, 3.05) is 4.72 Å². The maximum absolute atomic E-state index is 12.5. The highest BCUT2D eigenvalue weighted by molar-refractivity contribution is 7.92. The van der Waals surface area contributed by atoms with Crippen LogP contribution in [-0.4, -0.2) is 23.0 Å². The van der Waals surface area contributed by atoms with Crippen molar-refractivity contribution in [3.63, 3.8) is 0 Å². The minimum Gasteiger partial charge on any atom is -0.291 e. The van der Waals surface area contributed by atoms with E-state index in [-0.39, 0.29) is 4.90 Å². The summed E-state index contributed by atoms with van der Waals surface area (Å²) in [5.74, 6) is 0.664. The summed E-state index contributed by atoms with van der Waals surface area (Å²) in [7, 11) is -3.64. The third kappa shape index (κ3) is 3.24. The molecule has 1 aromatic carbocycles. The molecule has 7 heteroatoms. The second kappa shape index (κ2) is 5.85. The van der Waals surface area contributed by atoms with Gasteiger partial charge in [0.15, 0.2) is 0 Å². The highest BCUT2D eigenvalue weighted by Crippen LogP contribution is 2.20. The summed E-state index contributed by atoms with van der Waals surface area (Å²) in [5, 5.41) is 0. The first kappa shape index (κ1) is 15.2. The number of nitrogens with zero attached hydrogens (tertiary/aromatic N) is 3. The van der Waals surface area contributed by atoms with Gasteiger partial charge in [0.1, 0.15) is 12.1 Å². The lowest BCUT2D eigenvalue weighted by molar-refractivity contribution is 0.600. The predicted molar refractivity (Wildman–Crippen MR) is 88.1 cm³/mol. The molecule has 0 atom stereocenters. The zero-order chi connectivity index (χ0) is 16.4. The van der Waals surface area contributed by atoms with Gasteiger partial charge in [0, 0.05) is 12.4 Å². The largest absolute Gasteiger partial charge is 0.291 e. The number of aromatic nitrogens is 3. The molecule has 2 heterocycles. The molecule has 0 spiro atoms. The van der Waals surface area contributed by atoms with Gasteiger partial charge >= 0.3 is 0 Å². The van der Waals surface area contributed by atoms with Crippen molar-refractivity contribution < 1.29 is 8.42 Å². The van der Waals surface area contributed by atoms with E-state index in [0.29, 0.717) is 17.1 Å². The van der Waals surface area contributed by atoms with Gasteiger partial charge in [-0.15, -0.1) is 0 Å². The number of aryl methyl sites for hydroxylation is 2. The van der Waals surface area contributed by atoms with E-state index >= 15 is 0 Å². The van der Waals surface area contributed by atoms with Crippen LogP contribution in [0.15, 0.2) is 60.1 Å². The minimum absolute atomic E-state index is 0.274. The van der Waals surface area contributed by atoms with Crippen molar-refractivity contribution in [1.29, 1.82) is 0 Å². The smallest absolute Gasteiger partial charge is 0.262 e. The van der Waals surface area contributed by atoms with Crippen LogP contribution in [-0.2, 0) is 10.0 Å². The summed E-state index contributed by atoms with van der Waals surface area (Å²) in [6.45, 7) is 3.63. The molecule has 23 heavy (non-hydrogen) atoms. The van der Waals surface area contributed by atoms with Crippen molar-refractivity contribution in [1.82, 2.24) is 14.5 Å². The number of rotatable bonds is 4. The fourth-order valence-electron chi connectivity index (χ4n) is 2.20. The third-order valence-electron chi connectivity index (χ3n) is 3.40. The molecule has 3 aromatic rings. The molecular formula is C16H16N4O2S.